The Morgan fingerprint density at radius 3 is 3.12 bits per heavy atom. The van der Waals surface area contributed by atoms with Crippen LogP contribution in [0.3, 0.4) is 0 Å². The van der Waals surface area contributed by atoms with Gasteiger partial charge in [-0.2, -0.15) is 0 Å². The molecule has 0 radical (unpaired) electrons. The fourth-order valence-corrected chi connectivity index (χ4v) is 2.03. The Labute approximate surface area is 97.0 Å². The number of nitrogens with one attached hydrogen (secondary N) is 1. The molecule has 90 valence electrons. The van der Waals surface area contributed by atoms with Crippen LogP contribution in [0, 0.1) is 0 Å². The third-order valence-electron chi connectivity index (χ3n) is 2.81. The molecule has 0 bridgehead atoms. The molecule has 0 spiro atoms. The van der Waals surface area contributed by atoms with Crippen molar-refractivity contribution in [3.63, 3.8) is 0 Å². The highest BCUT2D eigenvalue weighted by atomic mass is 16.5. The minimum Gasteiger partial charge on any atom is -0.376 e. The predicted molar refractivity (Wildman–Crippen MR) is 64.6 cm³/mol. The van der Waals surface area contributed by atoms with Crippen molar-refractivity contribution in [3.8, 4) is 0 Å². The Morgan fingerprint density at radius 2 is 2.44 bits per heavy atom. The van der Waals surface area contributed by atoms with Gasteiger partial charge in [-0.25, -0.2) is 4.98 Å². The van der Waals surface area contributed by atoms with Gasteiger partial charge in [-0.15, -0.1) is 0 Å². The van der Waals surface area contributed by atoms with E-state index in [1.165, 1.54) is 19.3 Å². The van der Waals surface area contributed by atoms with E-state index < -0.39 is 0 Å². The first-order valence-corrected chi connectivity index (χ1v) is 6.15. The van der Waals surface area contributed by atoms with Gasteiger partial charge >= 0.3 is 0 Å². The molecule has 1 fully saturated rings. The summed E-state index contributed by atoms with van der Waals surface area (Å²) in [4.78, 5) is 4.32. The zero-order chi connectivity index (χ0) is 11.4. The van der Waals surface area contributed by atoms with Crippen LogP contribution in [0.15, 0.2) is 12.4 Å². The molecule has 1 aliphatic heterocycles. The van der Waals surface area contributed by atoms with Crippen LogP contribution in [0.5, 0.6) is 0 Å². The van der Waals surface area contributed by atoms with Crippen molar-refractivity contribution in [2.24, 2.45) is 0 Å². The van der Waals surface area contributed by atoms with Crippen LogP contribution in [0.4, 0.5) is 5.95 Å². The van der Waals surface area contributed by atoms with Crippen LogP contribution in [0.2, 0.25) is 0 Å². The lowest BCUT2D eigenvalue weighted by atomic mass is 10.1. The van der Waals surface area contributed by atoms with Gasteiger partial charge in [0.05, 0.1) is 12.6 Å². The largest absolute Gasteiger partial charge is 0.376 e. The van der Waals surface area contributed by atoms with Gasteiger partial charge in [0.25, 0.3) is 0 Å². The second-order valence-corrected chi connectivity index (χ2v) is 4.69. The van der Waals surface area contributed by atoms with Gasteiger partial charge < -0.3 is 14.6 Å². The normalized spacial score (nSPS) is 21.3. The van der Waals surface area contributed by atoms with E-state index >= 15 is 0 Å². The zero-order valence-corrected chi connectivity index (χ0v) is 10.1. The molecule has 1 unspecified atom stereocenters. The second kappa shape index (κ2) is 5.34. The number of nitrogens with zero attached hydrogens (tertiary/aromatic N) is 2. The van der Waals surface area contributed by atoms with Crippen molar-refractivity contribution in [3.05, 3.63) is 12.4 Å². The summed E-state index contributed by atoms with van der Waals surface area (Å²) in [5.74, 6) is 0.948. The third kappa shape index (κ3) is 2.98. The molecule has 4 nitrogen and oxygen atoms in total. The maximum atomic E-state index is 5.73. The zero-order valence-electron chi connectivity index (χ0n) is 10.1. The fourth-order valence-electron chi connectivity index (χ4n) is 2.03. The van der Waals surface area contributed by atoms with E-state index in [0.717, 1.165) is 19.1 Å². The van der Waals surface area contributed by atoms with Gasteiger partial charge in [-0.1, -0.05) is 0 Å². The number of rotatable bonds is 4. The van der Waals surface area contributed by atoms with Gasteiger partial charge in [0, 0.05) is 25.0 Å². The third-order valence-corrected chi connectivity index (χ3v) is 2.81. The molecule has 1 N–H and O–H groups in total. The topological polar surface area (TPSA) is 39.1 Å². The molecule has 0 aromatic carbocycles. The lowest BCUT2D eigenvalue weighted by Crippen LogP contribution is -2.25. The van der Waals surface area contributed by atoms with E-state index in [4.69, 9.17) is 4.74 Å². The minimum atomic E-state index is 0.357. The van der Waals surface area contributed by atoms with E-state index in [1.807, 2.05) is 12.4 Å². The first-order valence-electron chi connectivity index (χ1n) is 6.15. The SMILES string of the molecule is CC(C)Nc1nccn1CC1CCCCO1. The van der Waals surface area contributed by atoms with Crippen LogP contribution in [0.25, 0.3) is 0 Å². The predicted octanol–water partition coefficient (Wildman–Crippen LogP) is 2.27. The maximum absolute atomic E-state index is 5.73. The molecule has 0 aliphatic carbocycles. The number of hydrogen-bond donors (Lipinski definition) is 1. The van der Waals surface area contributed by atoms with Crippen molar-refractivity contribution in [1.82, 2.24) is 9.55 Å². The number of hydrogen-bond acceptors (Lipinski definition) is 3. The van der Waals surface area contributed by atoms with Crippen molar-refractivity contribution in [1.29, 1.82) is 0 Å². The number of ether oxygens (including phenoxy) is 1. The quantitative estimate of drug-likeness (QED) is 0.851. The molecule has 1 aliphatic rings. The van der Waals surface area contributed by atoms with Crippen LogP contribution in [-0.2, 0) is 11.3 Å². The van der Waals surface area contributed by atoms with E-state index in [0.29, 0.717) is 12.1 Å². The Balaban J connectivity index is 1.94. The maximum Gasteiger partial charge on any atom is 0.203 e. The van der Waals surface area contributed by atoms with Crippen molar-refractivity contribution in [2.45, 2.75) is 51.8 Å². The molecule has 1 atom stereocenters. The fraction of sp³-hybridized carbons (Fsp3) is 0.750. The lowest BCUT2D eigenvalue weighted by Gasteiger charge is -2.24. The summed E-state index contributed by atoms with van der Waals surface area (Å²) in [6.45, 7) is 6.06. The van der Waals surface area contributed by atoms with Gasteiger partial charge in [0.15, 0.2) is 0 Å². The highest BCUT2D eigenvalue weighted by molar-refractivity contribution is 5.26. The molecule has 2 heterocycles. The summed E-state index contributed by atoms with van der Waals surface area (Å²) >= 11 is 0. The lowest BCUT2D eigenvalue weighted by molar-refractivity contribution is 0.00628. The number of imidazole rings is 1. The summed E-state index contributed by atoms with van der Waals surface area (Å²) in [7, 11) is 0. The Bertz CT molecular complexity index is 316. The van der Waals surface area contributed by atoms with Gasteiger partial charge in [0.1, 0.15) is 0 Å². The van der Waals surface area contributed by atoms with Crippen LogP contribution in [0.1, 0.15) is 33.1 Å². The summed E-state index contributed by atoms with van der Waals surface area (Å²) in [5, 5.41) is 3.34. The van der Waals surface area contributed by atoms with Crippen LogP contribution < -0.4 is 5.32 Å². The van der Waals surface area contributed by atoms with Gasteiger partial charge in [0.2, 0.25) is 5.95 Å². The molecule has 1 aromatic heterocycles. The van der Waals surface area contributed by atoms with E-state index in [9.17, 15) is 0 Å². The Hall–Kier alpha value is -1.03. The molecule has 2 rings (SSSR count). The first-order chi connectivity index (χ1) is 7.75. The number of aromatic nitrogens is 2. The molecule has 1 saturated heterocycles. The Kier molecular flexibility index (Phi) is 3.83. The van der Waals surface area contributed by atoms with Crippen LogP contribution >= 0.6 is 0 Å². The minimum absolute atomic E-state index is 0.357. The standard InChI is InChI=1S/C12H21N3O/c1-10(2)14-12-13-6-7-15(12)9-11-5-3-4-8-16-11/h6-7,10-11H,3-5,8-9H2,1-2H3,(H,13,14). The molecule has 1 aromatic rings. The van der Waals surface area contributed by atoms with Crippen molar-refractivity contribution in [2.75, 3.05) is 11.9 Å². The Morgan fingerprint density at radius 1 is 1.56 bits per heavy atom. The van der Waals surface area contributed by atoms with Crippen molar-refractivity contribution >= 4 is 5.95 Å². The molecular formula is C12H21N3O. The van der Waals surface area contributed by atoms with E-state index in [2.05, 4.69) is 28.7 Å². The second-order valence-electron chi connectivity index (χ2n) is 4.69. The highest BCUT2D eigenvalue weighted by Gasteiger charge is 2.15. The summed E-state index contributed by atoms with van der Waals surface area (Å²) in [6.07, 6.45) is 7.87. The van der Waals surface area contributed by atoms with Crippen molar-refractivity contribution < 1.29 is 4.74 Å². The summed E-state index contributed by atoms with van der Waals surface area (Å²) in [5.41, 5.74) is 0. The molecule has 0 amide bonds. The molecule has 0 saturated carbocycles. The molecule has 16 heavy (non-hydrogen) atoms. The average Bonchev–Trinajstić information content (AvgIpc) is 2.66. The average molecular weight is 223 g/mol. The van der Waals surface area contributed by atoms with E-state index in [1.54, 1.807) is 0 Å². The molecular weight excluding hydrogens is 202 g/mol. The summed E-state index contributed by atoms with van der Waals surface area (Å²) in [6, 6.07) is 0.411. The monoisotopic (exact) mass is 223 g/mol. The highest BCUT2D eigenvalue weighted by Crippen LogP contribution is 2.16. The molecule has 4 heteroatoms. The smallest absolute Gasteiger partial charge is 0.203 e. The number of anilines is 1. The summed E-state index contributed by atoms with van der Waals surface area (Å²) < 4.78 is 7.88. The van der Waals surface area contributed by atoms with E-state index in [-0.39, 0.29) is 0 Å². The van der Waals surface area contributed by atoms with Gasteiger partial charge in [-0.3, -0.25) is 0 Å². The van der Waals surface area contributed by atoms with Gasteiger partial charge in [-0.05, 0) is 33.1 Å². The van der Waals surface area contributed by atoms with Crippen LogP contribution in [-0.4, -0.2) is 28.3 Å². The first kappa shape index (κ1) is 11.5.